The van der Waals surface area contributed by atoms with Crippen molar-refractivity contribution in [2.75, 3.05) is 7.11 Å². The van der Waals surface area contributed by atoms with Crippen molar-refractivity contribution in [3.05, 3.63) is 35.9 Å². The quantitative estimate of drug-likeness (QED) is 0.634. The highest BCUT2D eigenvalue weighted by atomic mass is 35.5. The zero-order valence-electron chi connectivity index (χ0n) is 9.59. The Morgan fingerprint density at radius 2 is 1.88 bits per heavy atom. The molecule has 1 aromatic rings. The second-order valence-corrected chi connectivity index (χ2v) is 3.45. The molecule has 1 unspecified atom stereocenters. The van der Waals surface area contributed by atoms with Crippen LogP contribution in [0.2, 0.25) is 0 Å². The van der Waals surface area contributed by atoms with Crippen molar-refractivity contribution in [1.82, 2.24) is 0 Å². The van der Waals surface area contributed by atoms with Gasteiger partial charge in [-0.05, 0) is 12.0 Å². The molecule has 0 amide bonds. The SMILES string of the molecule is COC(=O)C(N)C(=O)CCc1ccccc1.Cl. The number of Topliss-reactive ketones (excluding diaryl/α,β-unsaturated/α-hetero) is 1. The third-order valence-corrected chi connectivity index (χ3v) is 2.30. The van der Waals surface area contributed by atoms with E-state index in [9.17, 15) is 9.59 Å². The Kier molecular flexibility index (Phi) is 7.18. The molecule has 94 valence electrons. The normalized spacial score (nSPS) is 11.2. The molecule has 1 atom stereocenters. The second kappa shape index (κ2) is 7.81. The van der Waals surface area contributed by atoms with Crippen molar-refractivity contribution in [2.24, 2.45) is 5.73 Å². The summed E-state index contributed by atoms with van der Waals surface area (Å²) in [5.41, 5.74) is 6.46. The number of ketones is 1. The monoisotopic (exact) mass is 257 g/mol. The van der Waals surface area contributed by atoms with Crippen molar-refractivity contribution in [2.45, 2.75) is 18.9 Å². The van der Waals surface area contributed by atoms with Crippen LogP contribution in [-0.4, -0.2) is 24.9 Å². The van der Waals surface area contributed by atoms with Crippen LogP contribution in [0.5, 0.6) is 0 Å². The molecule has 0 aromatic heterocycles. The minimum Gasteiger partial charge on any atom is -0.468 e. The molecule has 0 aliphatic carbocycles. The maximum absolute atomic E-state index is 11.5. The van der Waals surface area contributed by atoms with Crippen LogP contribution in [0.3, 0.4) is 0 Å². The lowest BCUT2D eigenvalue weighted by Gasteiger charge is -2.07. The maximum atomic E-state index is 11.5. The molecule has 0 radical (unpaired) electrons. The van der Waals surface area contributed by atoms with E-state index < -0.39 is 12.0 Å². The van der Waals surface area contributed by atoms with Gasteiger partial charge in [0.25, 0.3) is 0 Å². The van der Waals surface area contributed by atoms with E-state index in [2.05, 4.69) is 4.74 Å². The minimum atomic E-state index is -1.16. The molecule has 0 saturated heterocycles. The number of hydrogen-bond acceptors (Lipinski definition) is 4. The standard InChI is InChI=1S/C12H15NO3.ClH/c1-16-12(15)11(13)10(14)8-7-9-5-3-2-4-6-9;/h2-6,11H,7-8,13H2,1H3;1H. The number of carbonyl (C=O) groups is 2. The van der Waals surface area contributed by atoms with Gasteiger partial charge in [0.2, 0.25) is 0 Å². The summed E-state index contributed by atoms with van der Waals surface area (Å²) in [5.74, 6) is -0.978. The average Bonchev–Trinajstić information content (AvgIpc) is 2.35. The van der Waals surface area contributed by atoms with E-state index in [1.807, 2.05) is 30.3 Å². The largest absolute Gasteiger partial charge is 0.468 e. The number of halogens is 1. The van der Waals surface area contributed by atoms with Crippen LogP contribution < -0.4 is 5.73 Å². The van der Waals surface area contributed by atoms with Crippen molar-refractivity contribution in [1.29, 1.82) is 0 Å². The van der Waals surface area contributed by atoms with Crippen molar-refractivity contribution < 1.29 is 14.3 Å². The Labute approximate surface area is 107 Å². The lowest BCUT2D eigenvalue weighted by Crippen LogP contribution is -2.39. The average molecular weight is 258 g/mol. The summed E-state index contributed by atoms with van der Waals surface area (Å²) < 4.78 is 4.40. The molecule has 0 fully saturated rings. The molecule has 5 heteroatoms. The predicted molar refractivity (Wildman–Crippen MR) is 67.0 cm³/mol. The molecule has 4 nitrogen and oxygen atoms in total. The minimum absolute atomic E-state index is 0. The number of nitrogens with two attached hydrogens (primary N) is 1. The van der Waals surface area contributed by atoms with Crippen LogP contribution in [0.15, 0.2) is 30.3 Å². The van der Waals surface area contributed by atoms with Gasteiger partial charge in [-0.3, -0.25) is 4.79 Å². The Balaban J connectivity index is 0.00000256. The first kappa shape index (κ1) is 15.6. The van der Waals surface area contributed by atoms with Crippen LogP contribution in [0, 0.1) is 0 Å². The van der Waals surface area contributed by atoms with Gasteiger partial charge in [-0.15, -0.1) is 12.4 Å². The fourth-order valence-corrected chi connectivity index (χ4v) is 1.33. The predicted octanol–water partition coefficient (Wildman–Crippen LogP) is 1.11. The van der Waals surface area contributed by atoms with E-state index in [0.717, 1.165) is 5.56 Å². The third kappa shape index (κ3) is 4.97. The molecule has 0 spiro atoms. The van der Waals surface area contributed by atoms with Crippen LogP contribution in [0.25, 0.3) is 0 Å². The van der Waals surface area contributed by atoms with Gasteiger partial charge in [-0.2, -0.15) is 0 Å². The molecule has 0 saturated carbocycles. The van der Waals surface area contributed by atoms with Gasteiger partial charge in [0, 0.05) is 6.42 Å². The maximum Gasteiger partial charge on any atom is 0.330 e. The lowest BCUT2D eigenvalue weighted by molar-refractivity contribution is -0.145. The van der Waals surface area contributed by atoms with E-state index in [1.165, 1.54) is 7.11 Å². The molecular formula is C12H16ClNO3. The Hall–Kier alpha value is -1.39. The van der Waals surface area contributed by atoms with E-state index in [1.54, 1.807) is 0 Å². The van der Waals surface area contributed by atoms with Crippen molar-refractivity contribution >= 4 is 24.2 Å². The van der Waals surface area contributed by atoms with Gasteiger partial charge in [-0.1, -0.05) is 30.3 Å². The van der Waals surface area contributed by atoms with E-state index in [-0.39, 0.29) is 24.6 Å². The Morgan fingerprint density at radius 3 is 2.41 bits per heavy atom. The lowest BCUT2D eigenvalue weighted by atomic mass is 10.0. The van der Waals surface area contributed by atoms with Crippen LogP contribution >= 0.6 is 12.4 Å². The summed E-state index contributed by atoms with van der Waals surface area (Å²) in [6, 6.07) is 8.41. The zero-order chi connectivity index (χ0) is 12.0. The highest BCUT2D eigenvalue weighted by molar-refractivity contribution is 6.02. The third-order valence-electron chi connectivity index (χ3n) is 2.30. The van der Waals surface area contributed by atoms with Crippen molar-refractivity contribution in [3.63, 3.8) is 0 Å². The van der Waals surface area contributed by atoms with Gasteiger partial charge >= 0.3 is 5.97 Å². The first-order valence-electron chi connectivity index (χ1n) is 5.05. The van der Waals surface area contributed by atoms with Crippen LogP contribution in [0.4, 0.5) is 0 Å². The number of benzene rings is 1. The fraction of sp³-hybridized carbons (Fsp3) is 0.333. The molecule has 2 N–H and O–H groups in total. The number of rotatable bonds is 5. The van der Waals surface area contributed by atoms with Gasteiger partial charge in [-0.25, -0.2) is 4.79 Å². The van der Waals surface area contributed by atoms with Crippen LogP contribution in [0.1, 0.15) is 12.0 Å². The molecule has 17 heavy (non-hydrogen) atoms. The summed E-state index contributed by atoms with van der Waals surface area (Å²) in [6.45, 7) is 0. The summed E-state index contributed by atoms with van der Waals surface area (Å²) in [5, 5.41) is 0. The first-order valence-corrected chi connectivity index (χ1v) is 5.05. The highest BCUT2D eigenvalue weighted by Crippen LogP contribution is 2.04. The number of aryl methyl sites for hydroxylation is 1. The smallest absolute Gasteiger partial charge is 0.330 e. The molecule has 0 heterocycles. The summed E-state index contributed by atoms with van der Waals surface area (Å²) in [6.07, 6.45) is 0.838. The van der Waals surface area contributed by atoms with Crippen molar-refractivity contribution in [3.8, 4) is 0 Å². The van der Waals surface area contributed by atoms with E-state index >= 15 is 0 Å². The number of esters is 1. The summed E-state index contributed by atoms with van der Waals surface area (Å²) in [4.78, 5) is 22.5. The molecule has 0 aliphatic heterocycles. The first-order chi connectivity index (χ1) is 7.65. The van der Waals surface area contributed by atoms with Gasteiger partial charge in [0.15, 0.2) is 11.8 Å². The topological polar surface area (TPSA) is 69.4 Å². The highest BCUT2D eigenvalue weighted by Gasteiger charge is 2.21. The molecular weight excluding hydrogens is 242 g/mol. The number of carbonyl (C=O) groups excluding carboxylic acids is 2. The molecule has 0 bridgehead atoms. The zero-order valence-corrected chi connectivity index (χ0v) is 10.4. The van der Waals surface area contributed by atoms with E-state index in [4.69, 9.17) is 5.73 Å². The number of ether oxygens (including phenoxy) is 1. The van der Waals surface area contributed by atoms with E-state index in [0.29, 0.717) is 6.42 Å². The molecule has 1 aromatic carbocycles. The Bertz CT molecular complexity index is 367. The fourth-order valence-electron chi connectivity index (χ4n) is 1.33. The Morgan fingerprint density at radius 1 is 1.29 bits per heavy atom. The van der Waals surface area contributed by atoms with Gasteiger partial charge in [0.1, 0.15) is 0 Å². The molecule has 1 rings (SSSR count). The number of hydrogen-bond donors (Lipinski definition) is 1. The van der Waals surface area contributed by atoms with Gasteiger partial charge < -0.3 is 10.5 Å². The van der Waals surface area contributed by atoms with Crippen LogP contribution in [-0.2, 0) is 20.7 Å². The summed E-state index contributed by atoms with van der Waals surface area (Å²) in [7, 11) is 1.21. The van der Waals surface area contributed by atoms with Gasteiger partial charge in [0.05, 0.1) is 7.11 Å². The summed E-state index contributed by atoms with van der Waals surface area (Å²) >= 11 is 0. The number of methoxy groups -OCH3 is 1. The second-order valence-electron chi connectivity index (χ2n) is 3.45. The molecule has 0 aliphatic rings.